The van der Waals surface area contributed by atoms with Gasteiger partial charge in [-0.05, 0) is 42.6 Å². The lowest BCUT2D eigenvalue weighted by atomic mass is 9.86. The zero-order chi connectivity index (χ0) is 19.6. The van der Waals surface area contributed by atoms with E-state index in [1.54, 1.807) is 0 Å². The molecule has 4 nitrogen and oxygen atoms in total. The van der Waals surface area contributed by atoms with Crippen molar-refractivity contribution in [3.05, 3.63) is 60.2 Å². The average Bonchev–Trinajstić information content (AvgIpc) is 2.86. The van der Waals surface area contributed by atoms with Crippen LogP contribution in [0.5, 0.6) is 0 Å². The number of hydrogen-bond donors (Lipinski definition) is 0. The van der Waals surface area contributed by atoms with Gasteiger partial charge in [0.1, 0.15) is 0 Å². The first-order valence-electron chi connectivity index (χ1n) is 10.4. The third-order valence-corrected chi connectivity index (χ3v) is 6.66. The standard InChI is InChI=1S/C24H31N3O/c1-25-14-13-24(12-11-23(25)28)19-27(16-15-26(24)2)18-20-7-6-10-22(17-20)21-8-4-3-5-9-21/h3-10,17H,11-16,18-19H2,1-2H3/t24-/m1/s1. The molecule has 2 heterocycles. The molecular formula is C24H31N3O. The van der Waals surface area contributed by atoms with Gasteiger partial charge in [-0.2, -0.15) is 0 Å². The Bertz CT molecular complexity index is 822. The van der Waals surface area contributed by atoms with Gasteiger partial charge in [0.2, 0.25) is 5.91 Å². The van der Waals surface area contributed by atoms with Crippen LogP contribution in [0.4, 0.5) is 0 Å². The van der Waals surface area contributed by atoms with Crippen molar-refractivity contribution in [2.75, 3.05) is 40.3 Å². The highest BCUT2D eigenvalue weighted by atomic mass is 16.2. The van der Waals surface area contributed by atoms with E-state index < -0.39 is 0 Å². The van der Waals surface area contributed by atoms with Crippen LogP contribution in [0.2, 0.25) is 0 Å². The van der Waals surface area contributed by atoms with Crippen molar-refractivity contribution in [3.63, 3.8) is 0 Å². The van der Waals surface area contributed by atoms with E-state index in [1.165, 1.54) is 16.7 Å². The van der Waals surface area contributed by atoms with Gasteiger partial charge in [0, 0.05) is 51.7 Å². The topological polar surface area (TPSA) is 26.8 Å². The molecule has 1 amide bonds. The Morgan fingerprint density at radius 2 is 1.68 bits per heavy atom. The van der Waals surface area contributed by atoms with Crippen LogP contribution >= 0.6 is 0 Å². The summed E-state index contributed by atoms with van der Waals surface area (Å²) in [4.78, 5) is 19.2. The predicted octanol–water partition coefficient (Wildman–Crippen LogP) is 3.48. The van der Waals surface area contributed by atoms with E-state index in [-0.39, 0.29) is 11.4 Å². The van der Waals surface area contributed by atoms with Crippen molar-refractivity contribution >= 4 is 5.91 Å². The van der Waals surface area contributed by atoms with E-state index in [4.69, 9.17) is 0 Å². The minimum absolute atomic E-state index is 0.121. The van der Waals surface area contributed by atoms with Gasteiger partial charge in [-0.1, -0.05) is 48.5 Å². The smallest absolute Gasteiger partial charge is 0.222 e. The molecule has 1 atom stereocenters. The van der Waals surface area contributed by atoms with Crippen LogP contribution in [-0.4, -0.2) is 66.4 Å². The van der Waals surface area contributed by atoms with E-state index in [0.717, 1.165) is 45.6 Å². The highest BCUT2D eigenvalue weighted by Crippen LogP contribution is 2.32. The van der Waals surface area contributed by atoms with Crippen molar-refractivity contribution in [1.82, 2.24) is 14.7 Å². The molecule has 2 aliphatic rings. The van der Waals surface area contributed by atoms with E-state index in [2.05, 4.69) is 71.4 Å². The van der Waals surface area contributed by atoms with E-state index in [1.807, 2.05) is 11.9 Å². The van der Waals surface area contributed by atoms with Crippen LogP contribution in [0, 0.1) is 0 Å². The molecule has 2 aromatic carbocycles. The Morgan fingerprint density at radius 3 is 2.50 bits per heavy atom. The van der Waals surface area contributed by atoms with Gasteiger partial charge in [-0.25, -0.2) is 0 Å². The van der Waals surface area contributed by atoms with E-state index in [0.29, 0.717) is 6.42 Å². The fourth-order valence-electron chi connectivity index (χ4n) is 4.71. The lowest BCUT2D eigenvalue weighted by Gasteiger charge is -2.49. The molecule has 0 bridgehead atoms. The Labute approximate surface area is 168 Å². The summed E-state index contributed by atoms with van der Waals surface area (Å²) in [6.45, 7) is 5.02. The number of nitrogens with zero attached hydrogens (tertiary/aromatic N) is 3. The summed E-state index contributed by atoms with van der Waals surface area (Å²) in [7, 11) is 4.18. The molecule has 28 heavy (non-hydrogen) atoms. The zero-order valence-electron chi connectivity index (χ0n) is 17.1. The maximum absolute atomic E-state index is 12.2. The van der Waals surface area contributed by atoms with Crippen LogP contribution in [-0.2, 0) is 11.3 Å². The first kappa shape index (κ1) is 19.2. The monoisotopic (exact) mass is 377 g/mol. The average molecular weight is 378 g/mol. The number of hydrogen-bond acceptors (Lipinski definition) is 3. The highest BCUT2D eigenvalue weighted by Gasteiger charge is 2.41. The van der Waals surface area contributed by atoms with Crippen LogP contribution in [0.25, 0.3) is 11.1 Å². The molecule has 4 heteroatoms. The fourth-order valence-corrected chi connectivity index (χ4v) is 4.71. The van der Waals surface area contributed by atoms with Gasteiger partial charge in [0.25, 0.3) is 0 Å². The quantitative estimate of drug-likeness (QED) is 0.819. The Balaban J connectivity index is 1.49. The molecule has 0 unspecified atom stereocenters. The zero-order valence-corrected chi connectivity index (χ0v) is 17.1. The predicted molar refractivity (Wildman–Crippen MR) is 114 cm³/mol. The number of benzene rings is 2. The highest BCUT2D eigenvalue weighted by molar-refractivity contribution is 5.76. The Morgan fingerprint density at radius 1 is 0.893 bits per heavy atom. The second-order valence-corrected chi connectivity index (χ2v) is 8.49. The summed E-state index contributed by atoms with van der Waals surface area (Å²) in [5.41, 5.74) is 4.03. The lowest BCUT2D eigenvalue weighted by molar-refractivity contribution is -0.129. The van der Waals surface area contributed by atoms with Crippen molar-refractivity contribution in [1.29, 1.82) is 0 Å². The van der Waals surface area contributed by atoms with Gasteiger partial charge >= 0.3 is 0 Å². The number of piperazine rings is 1. The minimum Gasteiger partial charge on any atom is -0.346 e. The fraction of sp³-hybridized carbons (Fsp3) is 0.458. The summed E-state index contributed by atoms with van der Waals surface area (Å²) in [5.74, 6) is 0.290. The van der Waals surface area contributed by atoms with Gasteiger partial charge in [-0.3, -0.25) is 14.6 Å². The number of likely N-dealkylation sites (N-methyl/N-ethyl adjacent to an activating group) is 1. The van der Waals surface area contributed by atoms with Gasteiger partial charge < -0.3 is 4.90 Å². The van der Waals surface area contributed by atoms with Crippen molar-refractivity contribution in [2.24, 2.45) is 0 Å². The summed E-state index contributed by atoms with van der Waals surface area (Å²) in [5, 5.41) is 0. The first-order chi connectivity index (χ1) is 13.6. The SMILES string of the molecule is CN1CC[C@]2(CCC1=O)CN(Cc1cccc(-c3ccccc3)c1)CCN2C. The van der Waals surface area contributed by atoms with Gasteiger partial charge in [0.15, 0.2) is 0 Å². The second-order valence-electron chi connectivity index (χ2n) is 8.49. The molecule has 4 rings (SSSR count). The molecule has 0 saturated carbocycles. The lowest BCUT2D eigenvalue weighted by Crippen LogP contribution is -2.60. The molecule has 2 aliphatic heterocycles. The molecule has 148 valence electrons. The number of rotatable bonds is 3. The van der Waals surface area contributed by atoms with E-state index >= 15 is 0 Å². The molecular weight excluding hydrogens is 346 g/mol. The normalized spacial score (nSPS) is 24.5. The van der Waals surface area contributed by atoms with Crippen LogP contribution in [0.1, 0.15) is 24.8 Å². The Hall–Kier alpha value is -2.17. The number of carbonyl (C=O) groups is 1. The third-order valence-electron chi connectivity index (χ3n) is 6.66. The van der Waals surface area contributed by atoms with E-state index in [9.17, 15) is 4.79 Å². The summed E-state index contributed by atoms with van der Waals surface area (Å²) < 4.78 is 0. The number of carbonyl (C=O) groups excluding carboxylic acids is 1. The maximum atomic E-state index is 12.2. The first-order valence-corrected chi connectivity index (χ1v) is 10.4. The molecule has 1 spiro atoms. The minimum atomic E-state index is 0.121. The summed E-state index contributed by atoms with van der Waals surface area (Å²) in [6, 6.07) is 19.5. The summed E-state index contributed by atoms with van der Waals surface area (Å²) in [6.07, 6.45) is 2.69. The van der Waals surface area contributed by atoms with Crippen LogP contribution in [0.3, 0.4) is 0 Å². The molecule has 2 aromatic rings. The molecule has 0 radical (unpaired) electrons. The summed E-state index contributed by atoms with van der Waals surface area (Å²) >= 11 is 0. The largest absolute Gasteiger partial charge is 0.346 e. The molecule has 0 aliphatic carbocycles. The maximum Gasteiger partial charge on any atom is 0.222 e. The van der Waals surface area contributed by atoms with Crippen molar-refractivity contribution in [2.45, 2.75) is 31.3 Å². The number of likely N-dealkylation sites (tertiary alicyclic amines) is 1. The van der Waals surface area contributed by atoms with Crippen LogP contribution in [0.15, 0.2) is 54.6 Å². The third kappa shape index (κ3) is 3.98. The molecule has 0 N–H and O–H groups in total. The van der Waals surface area contributed by atoms with Gasteiger partial charge in [0.05, 0.1) is 0 Å². The molecule has 0 aromatic heterocycles. The van der Waals surface area contributed by atoms with Crippen LogP contribution < -0.4 is 0 Å². The van der Waals surface area contributed by atoms with Crippen molar-refractivity contribution < 1.29 is 4.79 Å². The number of amides is 1. The molecule has 2 saturated heterocycles. The Kier molecular flexibility index (Phi) is 5.51. The van der Waals surface area contributed by atoms with Gasteiger partial charge in [-0.15, -0.1) is 0 Å². The second kappa shape index (κ2) is 8.06. The van der Waals surface area contributed by atoms with Crippen molar-refractivity contribution in [3.8, 4) is 11.1 Å². The molecule has 2 fully saturated rings.